The maximum absolute atomic E-state index is 13.0. The van der Waals surface area contributed by atoms with Gasteiger partial charge in [0.15, 0.2) is 11.5 Å². The van der Waals surface area contributed by atoms with E-state index in [0.29, 0.717) is 42.3 Å². The van der Waals surface area contributed by atoms with Crippen molar-refractivity contribution in [3.8, 4) is 11.5 Å². The van der Waals surface area contributed by atoms with Gasteiger partial charge in [-0.05, 0) is 53.9 Å². The molecule has 2 atom stereocenters. The highest BCUT2D eigenvalue weighted by Gasteiger charge is 2.28. The second-order valence-electron chi connectivity index (χ2n) is 7.98. The SMILES string of the molecule is C[C@@H](NC(=O)c1ccc2c(c1)C[C@H](c1ccccc1)OC2=O)c1ccc2c(c1)OCCO2. The van der Waals surface area contributed by atoms with E-state index in [1.807, 2.05) is 55.5 Å². The Bertz CT molecular complexity index is 1170. The fraction of sp³-hybridized carbons (Fsp3) is 0.231. The lowest BCUT2D eigenvalue weighted by Crippen LogP contribution is -2.28. The maximum atomic E-state index is 13.0. The lowest BCUT2D eigenvalue weighted by atomic mass is 9.93. The summed E-state index contributed by atoms with van der Waals surface area (Å²) in [6, 6.07) is 20.2. The minimum atomic E-state index is -0.364. The summed E-state index contributed by atoms with van der Waals surface area (Å²) < 4.78 is 16.8. The number of hydrogen-bond donors (Lipinski definition) is 1. The summed E-state index contributed by atoms with van der Waals surface area (Å²) in [4.78, 5) is 25.4. The van der Waals surface area contributed by atoms with Crippen LogP contribution in [0, 0.1) is 0 Å². The summed E-state index contributed by atoms with van der Waals surface area (Å²) in [6.07, 6.45) is 0.176. The van der Waals surface area contributed by atoms with Crippen molar-refractivity contribution >= 4 is 11.9 Å². The van der Waals surface area contributed by atoms with Crippen molar-refractivity contribution in [1.29, 1.82) is 0 Å². The van der Waals surface area contributed by atoms with Gasteiger partial charge in [-0.3, -0.25) is 4.79 Å². The lowest BCUT2D eigenvalue weighted by molar-refractivity contribution is 0.0252. The molecule has 6 heteroatoms. The molecule has 0 aromatic heterocycles. The number of ether oxygens (including phenoxy) is 3. The first-order chi connectivity index (χ1) is 15.6. The van der Waals surface area contributed by atoms with Gasteiger partial charge in [0.2, 0.25) is 0 Å². The number of carbonyl (C=O) groups excluding carboxylic acids is 2. The first kappa shape index (κ1) is 20.1. The van der Waals surface area contributed by atoms with E-state index in [-0.39, 0.29) is 24.0 Å². The van der Waals surface area contributed by atoms with Gasteiger partial charge in [-0.2, -0.15) is 0 Å². The van der Waals surface area contributed by atoms with Crippen molar-refractivity contribution in [3.63, 3.8) is 0 Å². The summed E-state index contributed by atoms with van der Waals surface area (Å²) in [5.41, 5.74) is 3.69. The monoisotopic (exact) mass is 429 g/mol. The van der Waals surface area contributed by atoms with Gasteiger partial charge in [0.25, 0.3) is 5.91 Å². The van der Waals surface area contributed by atoms with Crippen LogP contribution in [0.1, 0.15) is 56.5 Å². The molecule has 3 aromatic rings. The number of benzene rings is 3. The van der Waals surface area contributed by atoms with Crippen LogP contribution in [-0.4, -0.2) is 25.1 Å². The molecule has 0 spiro atoms. The molecule has 162 valence electrons. The van der Waals surface area contributed by atoms with Crippen molar-refractivity contribution in [2.24, 2.45) is 0 Å². The average molecular weight is 429 g/mol. The van der Waals surface area contributed by atoms with Crippen molar-refractivity contribution in [3.05, 3.63) is 94.5 Å². The fourth-order valence-electron chi connectivity index (χ4n) is 4.08. The first-order valence-electron chi connectivity index (χ1n) is 10.7. The summed E-state index contributed by atoms with van der Waals surface area (Å²) in [5, 5.41) is 3.03. The highest BCUT2D eigenvalue weighted by atomic mass is 16.6. The van der Waals surface area contributed by atoms with Gasteiger partial charge in [-0.25, -0.2) is 4.79 Å². The fourth-order valence-corrected chi connectivity index (χ4v) is 4.08. The Hall–Kier alpha value is -3.80. The van der Waals surface area contributed by atoms with E-state index in [0.717, 1.165) is 16.7 Å². The number of rotatable bonds is 4. The number of amides is 1. The third kappa shape index (κ3) is 3.91. The van der Waals surface area contributed by atoms with Gasteiger partial charge in [0.1, 0.15) is 19.3 Å². The van der Waals surface area contributed by atoms with Gasteiger partial charge in [-0.15, -0.1) is 0 Å². The van der Waals surface area contributed by atoms with E-state index < -0.39 is 0 Å². The van der Waals surface area contributed by atoms with Gasteiger partial charge >= 0.3 is 5.97 Å². The van der Waals surface area contributed by atoms with Crippen LogP contribution in [-0.2, 0) is 11.2 Å². The number of nitrogens with one attached hydrogen (secondary N) is 1. The molecule has 2 aliphatic rings. The number of esters is 1. The van der Waals surface area contributed by atoms with Crippen LogP contribution in [0.2, 0.25) is 0 Å². The minimum Gasteiger partial charge on any atom is -0.486 e. The van der Waals surface area contributed by atoms with E-state index in [2.05, 4.69) is 5.32 Å². The van der Waals surface area contributed by atoms with Crippen LogP contribution >= 0.6 is 0 Å². The van der Waals surface area contributed by atoms with Crippen molar-refractivity contribution in [2.45, 2.75) is 25.5 Å². The zero-order valence-electron chi connectivity index (χ0n) is 17.7. The number of cyclic esters (lactones) is 1. The molecular formula is C26H23NO5. The summed E-state index contributed by atoms with van der Waals surface area (Å²) >= 11 is 0. The topological polar surface area (TPSA) is 73.9 Å². The third-order valence-corrected chi connectivity index (χ3v) is 5.83. The quantitative estimate of drug-likeness (QED) is 0.622. The van der Waals surface area contributed by atoms with E-state index >= 15 is 0 Å². The smallest absolute Gasteiger partial charge is 0.339 e. The molecule has 0 aliphatic carbocycles. The second kappa shape index (κ2) is 8.38. The van der Waals surface area contributed by atoms with Gasteiger partial charge in [0.05, 0.1) is 11.6 Å². The third-order valence-electron chi connectivity index (χ3n) is 5.83. The normalized spacial score (nSPS) is 17.7. The Kier molecular flexibility index (Phi) is 5.27. The molecule has 0 unspecified atom stereocenters. The van der Waals surface area contributed by atoms with Gasteiger partial charge < -0.3 is 19.5 Å². The largest absolute Gasteiger partial charge is 0.486 e. The molecule has 0 saturated carbocycles. The van der Waals surface area contributed by atoms with Crippen LogP contribution < -0.4 is 14.8 Å². The van der Waals surface area contributed by atoms with Crippen LogP contribution in [0.15, 0.2) is 66.7 Å². The predicted octanol–water partition coefficient (Wildman–Crippen LogP) is 4.40. The lowest BCUT2D eigenvalue weighted by Gasteiger charge is -2.25. The molecular weight excluding hydrogens is 406 g/mol. The zero-order valence-corrected chi connectivity index (χ0v) is 17.7. The average Bonchev–Trinajstić information content (AvgIpc) is 2.83. The molecule has 2 heterocycles. The van der Waals surface area contributed by atoms with Crippen molar-refractivity contribution in [1.82, 2.24) is 5.32 Å². The van der Waals surface area contributed by atoms with Gasteiger partial charge in [-0.1, -0.05) is 36.4 Å². The molecule has 0 saturated heterocycles. The maximum Gasteiger partial charge on any atom is 0.339 e. The Morgan fingerprint density at radius 2 is 1.75 bits per heavy atom. The summed E-state index contributed by atoms with van der Waals surface area (Å²) in [7, 11) is 0. The molecule has 5 rings (SSSR count). The molecule has 0 radical (unpaired) electrons. The summed E-state index contributed by atoms with van der Waals surface area (Å²) in [6.45, 7) is 2.97. The van der Waals surface area contributed by atoms with Crippen molar-refractivity contribution in [2.75, 3.05) is 13.2 Å². The van der Waals surface area contributed by atoms with Crippen LogP contribution in [0.4, 0.5) is 0 Å². The standard InChI is InChI=1S/C26H23NO5/c1-16(18-8-10-22-24(14-18)31-12-11-30-22)27-25(28)19-7-9-21-20(13-19)15-23(32-26(21)29)17-5-3-2-4-6-17/h2-10,13-14,16,23H,11-12,15H2,1H3,(H,27,28)/t16-,23-/m1/s1. The summed E-state index contributed by atoms with van der Waals surface area (Å²) in [5.74, 6) is 0.837. The molecule has 1 amide bonds. The minimum absolute atomic E-state index is 0.203. The first-order valence-corrected chi connectivity index (χ1v) is 10.7. The Labute approximate surface area is 186 Å². The Balaban J connectivity index is 1.33. The number of hydrogen-bond acceptors (Lipinski definition) is 5. The molecule has 1 N–H and O–H groups in total. The van der Waals surface area contributed by atoms with E-state index in [9.17, 15) is 9.59 Å². The highest BCUT2D eigenvalue weighted by Crippen LogP contribution is 2.33. The molecule has 0 fully saturated rings. The molecule has 3 aromatic carbocycles. The van der Waals surface area contributed by atoms with Crippen LogP contribution in [0.25, 0.3) is 0 Å². The van der Waals surface area contributed by atoms with E-state index in [4.69, 9.17) is 14.2 Å². The van der Waals surface area contributed by atoms with E-state index in [1.54, 1.807) is 18.2 Å². The number of carbonyl (C=O) groups is 2. The Morgan fingerprint density at radius 1 is 0.969 bits per heavy atom. The Morgan fingerprint density at radius 3 is 2.56 bits per heavy atom. The molecule has 32 heavy (non-hydrogen) atoms. The predicted molar refractivity (Wildman–Crippen MR) is 118 cm³/mol. The molecule has 6 nitrogen and oxygen atoms in total. The second-order valence-corrected chi connectivity index (χ2v) is 7.98. The zero-order chi connectivity index (χ0) is 22.1. The van der Waals surface area contributed by atoms with Crippen LogP contribution in [0.3, 0.4) is 0 Å². The van der Waals surface area contributed by atoms with Gasteiger partial charge in [0, 0.05) is 12.0 Å². The number of fused-ring (bicyclic) bond motifs is 2. The van der Waals surface area contributed by atoms with E-state index in [1.165, 1.54) is 0 Å². The highest BCUT2D eigenvalue weighted by molar-refractivity contribution is 5.98. The molecule has 0 bridgehead atoms. The van der Waals surface area contributed by atoms with Crippen LogP contribution in [0.5, 0.6) is 11.5 Å². The molecule has 2 aliphatic heterocycles. The van der Waals surface area contributed by atoms with Crippen molar-refractivity contribution < 1.29 is 23.8 Å².